The normalized spacial score (nSPS) is 18.8. The Balaban J connectivity index is 0.00000176. The number of benzene rings is 1. The van der Waals surface area contributed by atoms with Gasteiger partial charge in [0.05, 0.1) is 19.3 Å². The Hall–Kier alpha value is -1.01. The number of rotatable bonds is 6. The van der Waals surface area contributed by atoms with E-state index in [2.05, 4.69) is 4.90 Å². The van der Waals surface area contributed by atoms with E-state index in [1.165, 1.54) is 19.3 Å². The molecule has 2 aliphatic heterocycles. The second-order valence-electron chi connectivity index (χ2n) is 5.72. The van der Waals surface area contributed by atoms with E-state index in [9.17, 15) is 5.11 Å². The lowest BCUT2D eigenvalue weighted by molar-refractivity contribution is -0.0000134. The number of aliphatic hydroxyl groups excluding tert-OH is 1. The van der Waals surface area contributed by atoms with Crippen LogP contribution in [0.4, 0.5) is 0 Å². The Bertz CT molecular complexity index is 465. The highest BCUT2D eigenvalue weighted by molar-refractivity contribution is 5.44. The zero-order chi connectivity index (χ0) is 14.5. The van der Waals surface area contributed by atoms with E-state index in [4.69, 9.17) is 14.2 Å². The highest BCUT2D eigenvalue weighted by Gasteiger charge is 2.15. The third kappa shape index (κ3) is 4.74. The molecule has 124 valence electrons. The van der Waals surface area contributed by atoms with Gasteiger partial charge in [0.2, 0.25) is 6.79 Å². The minimum Gasteiger partial charge on any atom is -1.00 e. The highest BCUT2D eigenvalue weighted by atomic mass is 35.5. The van der Waals surface area contributed by atoms with Gasteiger partial charge in [-0.1, -0.05) is 12.5 Å². The van der Waals surface area contributed by atoms with E-state index in [0.29, 0.717) is 19.8 Å². The number of β-amino-alcohol motifs (C(OH)–C–C–N with tert-alkyl or cyclic N) is 1. The highest BCUT2D eigenvalue weighted by Crippen LogP contribution is 2.32. The Morgan fingerprint density at radius 3 is 2.73 bits per heavy atom. The molecule has 2 heterocycles. The summed E-state index contributed by atoms with van der Waals surface area (Å²) in [6, 6.07) is 5.79. The Morgan fingerprint density at radius 1 is 1.14 bits per heavy atom. The first-order valence-corrected chi connectivity index (χ1v) is 7.68. The Morgan fingerprint density at radius 2 is 1.91 bits per heavy atom. The minimum absolute atomic E-state index is 0. The van der Waals surface area contributed by atoms with Gasteiger partial charge in [0.1, 0.15) is 0 Å². The first kappa shape index (κ1) is 17.3. The molecule has 1 saturated heterocycles. The molecule has 1 aromatic carbocycles. The van der Waals surface area contributed by atoms with Gasteiger partial charge in [0.25, 0.3) is 0 Å². The fourth-order valence-electron chi connectivity index (χ4n) is 2.84. The van der Waals surface area contributed by atoms with Crippen LogP contribution in [0.5, 0.6) is 11.5 Å². The van der Waals surface area contributed by atoms with E-state index < -0.39 is 6.10 Å². The van der Waals surface area contributed by atoms with Crippen molar-refractivity contribution >= 4 is 0 Å². The van der Waals surface area contributed by atoms with Crippen molar-refractivity contribution in [2.24, 2.45) is 0 Å². The van der Waals surface area contributed by atoms with Crippen LogP contribution in [0.25, 0.3) is 0 Å². The summed E-state index contributed by atoms with van der Waals surface area (Å²) in [5.74, 6) is 1.55. The molecule has 2 aliphatic rings. The number of ether oxygens (including phenoxy) is 3. The SMILES string of the molecule is OC(COCc1ccc2c(c1)OCO2)CN1CCCCC1.[Cl-]. The zero-order valence-corrected chi connectivity index (χ0v) is 13.4. The van der Waals surface area contributed by atoms with Crippen LogP contribution >= 0.6 is 0 Å². The lowest BCUT2D eigenvalue weighted by atomic mass is 10.1. The third-order valence-electron chi connectivity index (χ3n) is 3.93. The summed E-state index contributed by atoms with van der Waals surface area (Å²) >= 11 is 0. The zero-order valence-electron chi connectivity index (χ0n) is 12.7. The van der Waals surface area contributed by atoms with E-state index in [1.807, 2.05) is 18.2 Å². The van der Waals surface area contributed by atoms with E-state index in [0.717, 1.165) is 30.2 Å². The number of likely N-dealkylation sites (tertiary alicyclic amines) is 1. The van der Waals surface area contributed by atoms with Crippen molar-refractivity contribution in [3.8, 4) is 11.5 Å². The van der Waals surface area contributed by atoms with Gasteiger partial charge in [-0.2, -0.15) is 0 Å². The van der Waals surface area contributed by atoms with Gasteiger partial charge in [0.15, 0.2) is 11.5 Å². The molecule has 6 heteroatoms. The molecule has 0 aliphatic carbocycles. The van der Waals surface area contributed by atoms with Crippen molar-refractivity contribution < 1.29 is 31.7 Å². The maximum absolute atomic E-state index is 10.0. The molecule has 1 atom stereocenters. The predicted molar refractivity (Wildman–Crippen MR) is 78.5 cm³/mol. The number of hydrogen-bond acceptors (Lipinski definition) is 5. The van der Waals surface area contributed by atoms with Crippen molar-refractivity contribution in [3.63, 3.8) is 0 Å². The van der Waals surface area contributed by atoms with E-state index in [-0.39, 0.29) is 19.2 Å². The predicted octanol–water partition coefficient (Wildman–Crippen LogP) is -1.22. The van der Waals surface area contributed by atoms with Crippen LogP contribution in [0.15, 0.2) is 18.2 Å². The maximum Gasteiger partial charge on any atom is 0.231 e. The summed E-state index contributed by atoms with van der Waals surface area (Å²) in [7, 11) is 0. The molecule has 0 saturated carbocycles. The molecule has 0 aromatic heterocycles. The molecule has 3 rings (SSSR count). The van der Waals surface area contributed by atoms with Gasteiger partial charge < -0.3 is 36.6 Å². The second kappa shape index (κ2) is 8.58. The average Bonchev–Trinajstić information content (AvgIpc) is 2.96. The third-order valence-corrected chi connectivity index (χ3v) is 3.93. The Kier molecular flexibility index (Phi) is 6.76. The van der Waals surface area contributed by atoms with Gasteiger partial charge >= 0.3 is 0 Å². The lowest BCUT2D eigenvalue weighted by Gasteiger charge is -2.28. The van der Waals surface area contributed by atoms with Gasteiger partial charge in [-0.25, -0.2) is 0 Å². The molecular weight excluding hydrogens is 306 g/mol. The van der Waals surface area contributed by atoms with Crippen LogP contribution < -0.4 is 21.9 Å². The van der Waals surface area contributed by atoms with Crippen LogP contribution in [0.1, 0.15) is 24.8 Å². The first-order valence-electron chi connectivity index (χ1n) is 7.68. The van der Waals surface area contributed by atoms with Crippen molar-refractivity contribution in [2.75, 3.05) is 33.0 Å². The van der Waals surface area contributed by atoms with Gasteiger partial charge in [0, 0.05) is 6.54 Å². The van der Waals surface area contributed by atoms with Gasteiger partial charge in [-0.3, -0.25) is 0 Å². The molecule has 0 spiro atoms. The molecular formula is C16H23ClNO4-. The van der Waals surface area contributed by atoms with E-state index >= 15 is 0 Å². The van der Waals surface area contributed by atoms with Gasteiger partial charge in [-0.15, -0.1) is 0 Å². The molecule has 1 aromatic rings. The number of fused-ring (bicyclic) bond motifs is 1. The molecule has 0 radical (unpaired) electrons. The van der Waals surface area contributed by atoms with E-state index in [1.54, 1.807) is 0 Å². The Labute approximate surface area is 137 Å². The number of nitrogens with zero attached hydrogens (tertiary/aromatic N) is 1. The summed E-state index contributed by atoms with van der Waals surface area (Å²) < 4.78 is 16.2. The molecule has 1 N–H and O–H groups in total. The number of aliphatic hydroxyl groups is 1. The smallest absolute Gasteiger partial charge is 0.231 e. The summed E-state index contributed by atoms with van der Waals surface area (Å²) in [6.07, 6.45) is 3.38. The summed E-state index contributed by atoms with van der Waals surface area (Å²) in [4.78, 5) is 2.32. The lowest BCUT2D eigenvalue weighted by Crippen LogP contribution is -3.00. The minimum atomic E-state index is -0.419. The molecule has 1 unspecified atom stereocenters. The maximum atomic E-state index is 10.0. The van der Waals surface area contributed by atoms with Gasteiger partial charge in [-0.05, 0) is 43.6 Å². The quantitative estimate of drug-likeness (QED) is 0.710. The molecule has 22 heavy (non-hydrogen) atoms. The van der Waals surface area contributed by atoms with Crippen LogP contribution in [0, 0.1) is 0 Å². The standard InChI is InChI=1S/C16H23NO4.ClH/c18-14(9-17-6-2-1-3-7-17)11-19-10-13-4-5-15-16(8-13)21-12-20-15;/h4-5,8,14,18H,1-3,6-7,9-12H2;1H/p-1. The fourth-order valence-corrected chi connectivity index (χ4v) is 2.84. The van der Waals surface area contributed by atoms with Crippen LogP contribution in [0.2, 0.25) is 0 Å². The monoisotopic (exact) mass is 328 g/mol. The van der Waals surface area contributed by atoms with Crippen molar-refractivity contribution in [2.45, 2.75) is 32.0 Å². The van der Waals surface area contributed by atoms with Crippen molar-refractivity contribution in [1.29, 1.82) is 0 Å². The number of hydrogen-bond donors (Lipinski definition) is 1. The second-order valence-corrected chi connectivity index (χ2v) is 5.72. The fraction of sp³-hybridized carbons (Fsp3) is 0.625. The average molecular weight is 329 g/mol. The molecule has 5 nitrogen and oxygen atoms in total. The number of halogens is 1. The van der Waals surface area contributed by atoms with Crippen LogP contribution in [0.3, 0.4) is 0 Å². The topological polar surface area (TPSA) is 51.2 Å². The first-order chi connectivity index (χ1) is 10.3. The summed E-state index contributed by atoms with van der Waals surface area (Å²) in [6.45, 7) is 4.03. The van der Waals surface area contributed by atoms with Crippen molar-refractivity contribution in [3.05, 3.63) is 23.8 Å². The summed E-state index contributed by atoms with van der Waals surface area (Å²) in [5.41, 5.74) is 1.03. The van der Waals surface area contributed by atoms with Crippen LogP contribution in [-0.2, 0) is 11.3 Å². The molecule has 0 bridgehead atoms. The number of piperidine rings is 1. The largest absolute Gasteiger partial charge is 1.00 e. The van der Waals surface area contributed by atoms with Crippen molar-refractivity contribution in [1.82, 2.24) is 4.90 Å². The molecule has 0 amide bonds. The summed E-state index contributed by atoms with van der Waals surface area (Å²) in [5, 5.41) is 10.0. The molecule has 1 fully saturated rings. The van der Waals surface area contributed by atoms with Crippen LogP contribution in [-0.4, -0.2) is 49.1 Å².